The van der Waals surface area contributed by atoms with E-state index in [9.17, 15) is 9.59 Å². The van der Waals surface area contributed by atoms with Crippen LogP contribution in [0.4, 0.5) is 15.3 Å². The van der Waals surface area contributed by atoms with Crippen molar-refractivity contribution >= 4 is 29.4 Å². The average Bonchev–Trinajstić information content (AvgIpc) is 2.70. The maximum absolute atomic E-state index is 13.0. The van der Waals surface area contributed by atoms with Gasteiger partial charge in [0.25, 0.3) is 0 Å². The van der Waals surface area contributed by atoms with Gasteiger partial charge in [0.15, 0.2) is 6.29 Å². The summed E-state index contributed by atoms with van der Waals surface area (Å²) >= 11 is 5.93. The van der Waals surface area contributed by atoms with Crippen LogP contribution in [0.2, 0.25) is 5.02 Å². The molecule has 2 aromatic carbocycles. The summed E-state index contributed by atoms with van der Waals surface area (Å²) in [7, 11) is 1.60. The van der Waals surface area contributed by atoms with Gasteiger partial charge in [0.05, 0.1) is 13.7 Å². The molecule has 146 valence electrons. The third-order valence-corrected chi connectivity index (χ3v) is 4.52. The smallest absolute Gasteiger partial charge is 0.331 e. The first-order chi connectivity index (χ1) is 13.5. The van der Waals surface area contributed by atoms with Gasteiger partial charge in [-0.05, 0) is 42.0 Å². The minimum atomic E-state index is -0.718. The van der Waals surface area contributed by atoms with Crippen LogP contribution < -0.4 is 15.4 Å². The van der Waals surface area contributed by atoms with Gasteiger partial charge in [0.1, 0.15) is 5.75 Å². The summed E-state index contributed by atoms with van der Waals surface area (Å²) < 4.78 is 5.17. The van der Waals surface area contributed by atoms with Gasteiger partial charge >= 0.3 is 12.1 Å². The third kappa shape index (κ3) is 4.37. The molecule has 0 radical (unpaired) electrons. The maximum Gasteiger partial charge on any atom is 0.331 e. The van der Waals surface area contributed by atoms with Gasteiger partial charge in [0.2, 0.25) is 0 Å². The Labute approximate surface area is 168 Å². The lowest BCUT2D eigenvalue weighted by atomic mass is 10.2. The molecule has 2 N–H and O–H groups in total. The van der Waals surface area contributed by atoms with E-state index in [1.54, 1.807) is 36.3 Å². The van der Waals surface area contributed by atoms with E-state index in [4.69, 9.17) is 16.3 Å². The van der Waals surface area contributed by atoms with E-state index in [0.29, 0.717) is 11.6 Å². The Morgan fingerprint density at radius 3 is 2.46 bits per heavy atom. The van der Waals surface area contributed by atoms with E-state index in [1.165, 1.54) is 6.08 Å². The molecule has 0 aliphatic carbocycles. The normalized spacial score (nSPS) is 16.6. The highest BCUT2D eigenvalue weighted by atomic mass is 35.5. The Balaban J connectivity index is 1.85. The fraction of sp³-hybridized carbons (Fsp3) is 0.200. The molecule has 1 unspecified atom stereocenters. The van der Waals surface area contributed by atoms with Gasteiger partial charge in [-0.2, -0.15) is 0 Å². The summed E-state index contributed by atoms with van der Waals surface area (Å²) in [5.41, 5.74) is 1.62. The van der Waals surface area contributed by atoms with Crippen LogP contribution in [0.1, 0.15) is 5.56 Å². The summed E-state index contributed by atoms with van der Waals surface area (Å²) in [6, 6.07) is 13.5. The van der Waals surface area contributed by atoms with Crippen molar-refractivity contribution in [3.8, 4) is 5.75 Å². The molecule has 1 fully saturated rings. The Morgan fingerprint density at radius 2 is 1.86 bits per heavy atom. The van der Waals surface area contributed by atoms with Gasteiger partial charge < -0.3 is 10.1 Å². The molecule has 8 heteroatoms. The molecular weight excluding hydrogens is 380 g/mol. The molecule has 7 nitrogen and oxygen atoms in total. The fourth-order valence-electron chi connectivity index (χ4n) is 2.82. The molecule has 3 rings (SSSR count). The number of halogens is 1. The van der Waals surface area contributed by atoms with Crippen LogP contribution in [0, 0.1) is 0 Å². The van der Waals surface area contributed by atoms with E-state index in [0.717, 1.165) is 21.9 Å². The topological polar surface area (TPSA) is 73.9 Å². The summed E-state index contributed by atoms with van der Waals surface area (Å²) in [6.07, 6.45) is 0.792. The van der Waals surface area contributed by atoms with Gasteiger partial charge in [0, 0.05) is 17.3 Å². The van der Waals surface area contributed by atoms with Crippen molar-refractivity contribution in [2.75, 3.05) is 19.0 Å². The van der Waals surface area contributed by atoms with E-state index in [1.807, 2.05) is 24.3 Å². The van der Waals surface area contributed by atoms with Crippen molar-refractivity contribution in [3.05, 3.63) is 71.8 Å². The summed E-state index contributed by atoms with van der Waals surface area (Å²) in [5, 5.41) is 6.57. The molecule has 0 spiro atoms. The molecule has 1 aliphatic rings. The van der Waals surface area contributed by atoms with Crippen LogP contribution >= 0.6 is 11.6 Å². The summed E-state index contributed by atoms with van der Waals surface area (Å²) in [5.74, 6) is 0.728. The number of amides is 4. The molecule has 2 aromatic rings. The molecule has 1 heterocycles. The van der Waals surface area contributed by atoms with Crippen LogP contribution in [0.25, 0.3) is 0 Å². The van der Waals surface area contributed by atoms with Crippen molar-refractivity contribution in [3.63, 3.8) is 0 Å². The number of hydrogen-bond donors (Lipinski definition) is 2. The molecule has 1 atom stereocenters. The Bertz CT molecular complexity index is 855. The standard InChI is InChI=1S/C20H21ClN4O3/c1-3-12-24-19(26)23-18(22-16-8-6-15(21)7-9-16)25(20(24)27)13-14-4-10-17(28-2)11-5-14/h3-11,18,22H,1,12-13H2,2H3,(H,23,26). The van der Waals surface area contributed by atoms with Crippen LogP contribution in [-0.2, 0) is 6.54 Å². The number of methoxy groups -OCH3 is 1. The average molecular weight is 401 g/mol. The number of benzene rings is 2. The predicted octanol–water partition coefficient (Wildman–Crippen LogP) is 3.88. The second-order valence-electron chi connectivity index (χ2n) is 6.16. The maximum atomic E-state index is 13.0. The molecule has 4 amide bonds. The lowest BCUT2D eigenvalue weighted by Gasteiger charge is -2.41. The number of anilines is 1. The first-order valence-electron chi connectivity index (χ1n) is 8.66. The fourth-order valence-corrected chi connectivity index (χ4v) is 2.95. The van der Waals surface area contributed by atoms with Crippen molar-refractivity contribution in [1.82, 2.24) is 15.1 Å². The number of urea groups is 2. The Hall–Kier alpha value is -3.19. The molecule has 0 bridgehead atoms. The van der Waals surface area contributed by atoms with Gasteiger partial charge in [-0.15, -0.1) is 6.58 Å². The number of ether oxygens (including phenoxy) is 1. The SMILES string of the molecule is C=CCN1C(=O)NC(Nc2ccc(Cl)cc2)N(Cc2ccc(OC)cc2)C1=O. The van der Waals surface area contributed by atoms with Crippen LogP contribution in [-0.4, -0.2) is 41.8 Å². The molecule has 28 heavy (non-hydrogen) atoms. The van der Waals surface area contributed by atoms with Crippen LogP contribution in [0.5, 0.6) is 5.75 Å². The number of rotatable bonds is 7. The van der Waals surface area contributed by atoms with Crippen molar-refractivity contribution in [2.24, 2.45) is 0 Å². The van der Waals surface area contributed by atoms with E-state index < -0.39 is 18.4 Å². The number of imide groups is 1. The summed E-state index contributed by atoms with van der Waals surface area (Å²) in [4.78, 5) is 28.0. The highest BCUT2D eigenvalue weighted by molar-refractivity contribution is 6.30. The third-order valence-electron chi connectivity index (χ3n) is 4.26. The van der Waals surface area contributed by atoms with E-state index in [-0.39, 0.29) is 6.54 Å². The monoisotopic (exact) mass is 400 g/mol. The van der Waals surface area contributed by atoms with Crippen molar-refractivity contribution in [2.45, 2.75) is 12.8 Å². The van der Waals surface area contributed by atoms with Gasteiger partial charge in [-0.3, -0.25) is 10.2 Å². The first-order valence-corrected chi connectivity index (χ1v) is 9.04. The summed E-state index contributed by atoms with van der Waals surface area (Å²) in [6.45, 7) is 4.03. The Morgan fingerprint density at radius 1 is 1.18 bits per heavy atom. The lowest BCUT2D eigenvalue weighted by Crippen LogP contribution is -2.66. The van der Waals surface area contributed by atoms with Gasteiger partial charge in [-0.25, -0.2) is 14.5 Å². The number of carbonyl (C=O) groups is 2. The van der Waals surface area contributed by atoms with Crippen molar-refractivity contribution < 1.29 is 14.3 Å². The second kappa shape index (κ2) is 8.67. The minimum Gasteiger partial charge on any atom is -0.497 e. The van der Waals surface area contributed by atoms with Crippen molar-refractivity contribution in [1.29, 1.82) is 0 Å². The molecular formula is C20H21ClN4O3. The predicted molar refractivity (Wildman–Crippen MR) is 108 cm³/mol. The van der Waals surface area contributed by atoms with Crippen LogP contribution in [0.3, 0.4) is 0 Å². The van der Waals surface area contributed by atoms with E-state index >= 15 is 0 Å². The zero-order chi connectivity index (χ0) is 20.1. The largest absolute Gasteiger partial charge is 0.497 e. The minimum absolute atomic E-state index is 0.122. The molecule has 0 saturated carbocycles. The highest BCUT2D eigenvalue weighted by Crippen LogP contribution is 2.20. The van der Waals surface area contributed by atoms with E-state index in [2.05, 4.69) is 17.2 Å². The van der Waals surface area contributed by atoms with Gasteiger partial charge in [-0.1, -0.05) is 29.8 Å². The number of hydrogen-bond acceptors (Lipinski definition) is 4. The number of nitrogens with zero attached hydrogens (tertiary/aromatic N) is 2. The molecule has 1 aliphatic heterocycles. The first kappa shape index (κ1) is 19.6. The van der Waals surface area contributed by atoms with Crippen LogP contribution in [0.15, 0.2) is 61.2 Å². The number of nitrogens with one attached hydrogen (secondary N) is 2. The molecule has 1 saturated heterocycles. The molecule has 0 aromatic heterocycles. The lowest BCUT2D eigenvalue weighted by molar-refractivity contribution is 0.110. The number of carbonyl (C=O) groups excluding carboxylic acids is 2. The Kier molecular flexibility index (Phi) is 6.06. The zero-order valence-electron chi connectivity index (χ0n) is 15.4. The second-order valence-corrected chi connectivity index (χ2v) is 6.60. The highest BCUT2D eigenvalue weighted by Gasteiger charge is 2.37. The zero-order valence-corrected chi connectivity index (χ0v) is 16.1. The quantitative estimate of drug-likeness (QED) is 0.692.